The topological polar surface area (TPSA) is 98.2 Å². The van der Waals surface area contributed by atoms with Crippen LogP contribution >= 0.6 is 11.6 Å². The number of nitrogens with one attached hydrogen (secondary N) is 1. The van der Waals surface area contributed by atoms with E-state index in [1.165, 1.54) is 0 Å². The Labute approximate surface area is 193 Å². The van der Waals surface area contributed by atoms with Gasteiger partial charge in [-0.2, -0.15) is 0 Å². The summed E-state index contributed by atoms with van der Waals surface area (Å²) < 4.78 is 2.07. The van der Waals surface area contributed by atoms with Crippen LogP contribution in [0.4, 0.5) is 5.82 Å². The van der Waals surface area contributed by atoms with Crippen LogP contribution in [0, 0.1) is 6.92 Å². The van der Waals surface area contributed by atoms with Crippen LogP contribution in [-0.4, -0.2) is 33.7 Å². The molecule has 166 valence electrons. The van der Waals surface area contributed by atoms with Crippen LogP contribution in [0.3, 0.4) is 0 Å². The molecule has 0 saturated heterocycles. The summed E-state index contributed by atoms with van der Waals surface area (Å²) >= 11 is 6.08. The molecule has 0 aliphatic heterocycles. The number of halogens is 1. The van der Waals surface area contributed by atoms with Crippen molar-refractivity contribution >= 4 is 36.1 Å². The minimum Gasteiger partial charge on any atom is -0.370 e. The number of nitrogens with two attached hydrogens (primary N) is 1. The minimum atomic E-state index is -0.248. The number of amides is 1. The Morgan fingerprint density at radius 2 is 2.00 bits per heavy atom. The zero-order chi connectivity index (χ0) is 22.9. The smallest absolute Gasteiger partial charge is 0.217 e. The molecule has 0 aliphatic carbocycles. The summed E-state index contributed by atoms with van der Waals surface area (Å²) in [7, 11) is 0. The van der Waals surface area contributed by atoms with Crippen molar-refractivity contribution in [3.05, 3.63) is 65.2 Å². The van der Waals surface area contributed by atoms with Gasteiger partial charge in [0.1, 0.15) is 11.6 Å². The second-order valence-electron chi connectivity index (χ2n) is 7.35. The number of benzene rings is 1. The minimum absolute atomic E-state index is 0.248. The molecule has 2 aromatic heterocycles. The van der Waals surface area contributed by atoms with Gasteiger partial charge in [-0.1, -0.05) is 18.0 Å². The number of anilines is 1. The van der Waals surface area contributed by atoms with Crippen LogP contribution < -0.4 is 11.1 Å². The Morgan fingerprint density at radius 3 is 2.66 bits per heavy atom. The molecule has 1 aromatic carbocycles. The molecule has 0 atom stereocenters. The number of primary amides is 1. The second kappa shape index (κ2) is 11.2. The number of nitrogens with zero attached hydrogens (tertiary/aromatic N) is 4. The summed E-state index contributed by atoms with van der Waals surface area (Å²) in [5.74, 6) is 1.32. The lowest BCUT2D eigenvalue weighted by Gasteiger charge is -2.11. The van der Waals surface area contributed by atoms with Gasteiger partial charge in [0, 0.05) is 47.3 Å². The van der Waals surface area contributed by atoms with Crippen LogP contribution in [0.5, 0.6) is 0 Å². The predicted octanol–water partition coefficient (Wildman–Crippen LogP) is 5.03. The Bertz CT molecular complexity index is 1090. The first-order valence-corrected chi connectivity index (χ1v) is 10.8. The molecular formula is C24H27ClN6O. The first-order chi connectivity index (χ1) is 15.5. The molecule has 1 amide bonds. The van der Waals surface area contributed by atoms with Crippen molar-refractivity contribution in [3.8, 4) is 17.1 Å². The van der Waals surface area contributed by atoms with Crippen LogP contribution in [0.2, 0.25) is 5.02 Å². The summed E-state index contributed by atoms with van der Waals surface area (Å²) in [6.45, 7) is 6.29. The maximum absolute atomic E-state index is 10.8. The molecule has 0 radical (unpaired) electrons. The number of hydrogen-bond acceptors (Lipinski definition) is 5. The van der Waals surface area contributed by atoms with E-state index in [9.17, 15) is 4.79 Å². The van der Waals surface area contributed by atoms with E-state index in [2.05, 4.69) is 26.6 Å². The molecule has 32 heavy (non-hydrogen) atoms. The fraction of sp³-hybridized carbons (Fsp3) is 0.250. The number of aliphatic imine (C=N–C) groups is 1. The maximum Gasteiger partial charge on any atom is 0.217 e. The summed E-state index contributed by atoms with van der Waals surface area (Å²) in [5.41, 5.74) is 8.79. The van der Waals surface area contributed by atoms with Gasteiger partial charge in [0.2, 0.25) is 5.91 Å². The Kier molecular flexibility index (Phi) is 8.16. The molecule has 7 nitrogen and oxygen atoms in total. The molecule has 0 unspecified atom stereocenters. The van der Waals surface area contributed by atoms with Crippen LogP contribution in [0.1, 0.15) is 37.1 Å². The molecule has 0 aliphatic rings. The van der Waals surface area contributed by atoms with Gasteiger partial charge in [0.05, 0.1) is 5.69 Å². The number of hydrogen-bond donors (Lipinski definition) is 2. The lowest BCUT2D eigenvalue weighted by atomic mass is 10.2. The van der Waals surface area contributed by atoms with E-state index < -0.39 is 0 Å². The van der Waals surface area contributed by atoms with Crippen LogP contribution in [0.15, 0.2) is 53.8 Å². The molecule has 0 saturated carbocycles. The van der Waals surface area contributed by atoms with Gasteiger partial charge in [-0.25, -0.2) is 9.97 Å². The maximum atomic E-state index is 10.8. The third-order valence-corrected chi connectivity index (χ3v) is 5.25. The third kappa shape index (κ3) is 6.04. The summed E-state index contributed by atoms with van der Waals surface area (Å²) in [5, 5.41) is 3.99. The van der Waals surface area contributed by atoms with Gasteiger partial charge in [-0.15, -0.1) is 0 Å². The second-order valence-corrected chi connectivity index (χ2v) is 7.79. The number of aromatic nitrogens is 3. The van der Waals surface area contributed by atoms with Gasteiger partial charge < -0.3 is 11.1 Å². The van der Waals surface area contributed by atoms with E-state index in [1.54, 1.807) is 6.20 Å². The fourth-order valence-electron chi connectivity index (χ4n) is 3.35. The molecule has 8 heteroatoms. The van der Waals surface area contributed by atoms with E-state index in [-0.39, 0.29) is 5.91 Å². The fourth-order valence-corrected chi connectivity index (χ4v) is 3.47. The van der Waals surface area contributed by atoms with E-state index in [0.29, 0.717) is 11.4 Å². The summed E-state index contributed by atoms with van der Waals surface area (Å²) in [6.07, 6.45) is 8.41. The normalized spacial score (nSPS) is 11.1. The van der Waals surface area contributed by atoms with E-state index in [0.717, 1.165) is 60.1 Å². The average Bonchev–Trinajstić information content (AvgIpc) is 3.11. The van der Waals surface area contributed by atoms with Gasteiger partial charge in [0.25, 0.3) is 0 Å². The lowest BCUT2D eigenvalue weighted by molar-refractivity contribution is -0.118. The monoisotopic (exact) mass is 450 g/mol. The first kappa shape index (κ1) is 23.2. The number of pyridine rings is 1. The summed E-state index contributed by atoms with van der Waals surface area (Å²) in [4.78, 5) is 23.9. The zero-order valence-electron chi connectivity index (χ0n) is 18.1. The largest absolute Gasteiger partial charge is 0.370 e. The third-order valence-electron chi connectivity index (χ3n) is 4.99. The van der Waals surface area contributed by atoms with Gasteiger partial charge in [-0.05, 0) is 69.0 Å². The van der Waals surface area contributed by atoms with Crippen molar-refractivity contribution < 1.29 is 4.79 Å². The van der Waals surface area contributed by atoms with E-state index in [4.69, 9.17) is 22.3 Å². The highest BCUT2D eigenvalue weighted by atomic mass is 35.5. The highest BCUT2D eigenvalue weighted by molar-refractivity contribution is 6.30. The van der Waals surface area contributed by atoms with Crippen molar-refractivity contribution in [2.75, 3.05) is 11.9 Å². The first-order valence-electron chi connectivity index (χ1n) is 10.5. The molecule has 0 spiro atoms. The summed E-state index contributed by atoms with van der Waals surface area (Å²) in [6, 6.07) is 11.6. The highest BCUT2D eigenvalue weighted by Crippen LogP contribution is 2.28. The average molecular weight is 451 g/mol. The number of carbonyl (C=O) groups excluding carboxylic acids is 1. The standard InChI is InChI=1S/C24H27ClN6O/c1-17-21(13-15-27-2)30-24(31(17)20-10-8-19(25)9-11-20)18-7-12-23(29-16-18)28-14-5-3-4-6-22(26)32/h7-13,15-16H,2-6,14H2,1H3,(H2,26,32)(H,28,29)/b15-13-. The van der Waals surface area contributed by atoms with E-state index in [1.807, 2.05) is 55.6 Å². The number of imidazole rings is 1. The predicted molar refractivity (Wildman–Crippen MR) is 131 cm³/mol. The molecule has 3 N–H and O–H groups in total. The highest BCUT2D eigenvalue weighted by Gasteiger charge is 2.16. The zero-order valence-corrected chi connectivity index (χ0v) is 18.8. The Hall–Kier alpha value is -3.45. The number of carbonyl (C=O) groups is 1. The molecule has 3 rings (SSSR count). The van der Waals surface area contributed by atoms with Crippen molar-refractivity contribution in [2.24, 2.45) is 10.7 Å². The number of rotatable bonds is 11. The van der Waals surface area contributed by atoms with Crippen molar-refractivity contribution in [2.45, 2.75) is 32.6 Å². The Morgan fingerprint density at radius 1 is 1.22 bits per heavy atom. The molecular weight excluding hydrogens is 424 g/mol. The van der Waals surface area contributed by atoms with Crippen molar-refractivity contribution in [1.29, 1.82) is 0 Å². The molecule has 0 fully saturated rings. The SMILES string of the molecule is C=N/C=C\c1nc(-c2ccc(NCCCCCC(N)=O)nc2)n(-c2ccc(Cl)cc2)c1C. The molecule has 0 bridgehead atoms. The molecule has 3 aromatic rings. The van der Waals surface area contributed by atoms with Crippen molar-refractivity contribution in [1.82, 2.24) is 14.5 Å². The van der Waals surface area contributed by atoms with Crippen LogP contribution in [0.25, 0.3) is 23.2 Å². The Balaban J connectivity index is 1.79. The quantitative estimate of drug-likeness (QED) is 0.316. The lowest BCUT2D eigenvalue weighted by Crippen LogP contribution is -2.10. The van der Waals surface area contributed by atoms with Crippen molar-refractivity contribution in [3.63, 3.8) is 0 Å². The van der Waals surface area contributed by atoms with E-state index >= 15 is 0 Å². The van der Waals surface area contributed by atoms with Gasteiger partial charge >= 0.3 is 0 Å². The number of unbranched alkanes of at least 4 members (excludes halogenated alkanes) is 2. The van der Waals surface area contributed by atoms with Crippen LogP contribution in [-0.2, 0) is 4.79 Å². The van der Waals surface area contributed by atoms with Gasteiger partial charge in [-0.3, -0.25) is 14.4 Å². The molecule has 2 heterocycles. The van der Waals surface area contributed by atoms with Gasteiger partial charge in [0.15, 0.2) is 0 Å².